The summed E-state index contributed by atoms with van der Waals surface area (Å²) in [5, 5.41) is 8.52. The number of fused-ring (bicyclic) bond motifs is 1. The zero-order chi connectivity index (χ0) is 11.5. The molecule has 1 N–H and O–H groups in total. The molecule has 1 aromatic carbocycles. The van der Waals surface area contributed by atoms with E-state index in [-0.39, 0.29) is 6.61 Å². The minimum atomic E-state index is -0.947. The summed E-state index contributed by atoms with van der Waals surface area (Å²) in [5.41, 5.74) is 2.57. The summed E-state index contributed by atoms with van der Waals surface area (Å²) in [5.74, 6) is -0.303. The Morgan fingerprint density at radius 3 is 3.06 bits per heavy atom. The minimum Gasteiger partial charge on any atom is -0.482 e. The number of aliphatic carboxylic acids is 1. The lowest BCUT2D eigenvalue weighted by atomic mass is 10.00. The third-order valence-corrected chi connectivity index (χ3v) is 2.74. The maximum Gasteiger partial charge on any atom is 0.341 e. The fourth-order valence-electron chi connectivity index (χ4n) is 1.91. The molecule has 4 nitrogen and oxygen atoms in total. The number of likely N-dealkylation sites (N-methyl/N-ethyl adjacent to an activating group) is 1. The van der Waals surface area contributed by atoms with Gasteiger partial charge in [-0.15, -0.1) is 0 Å². The van der Waals surface area contributed by atoms with Crippen molar-refractivity contribution < 1.29 is 14.6 Å². The third kappa shape index (κ3) is 2.52. The van der Waals surface area contributed by atoms with E-state index in [1.54, 1.807) is 0 Å². The van der Waals surface area contributed by atoms with Crippen LogP contribution < -0.4 is 4.74 Å². The van der Waals surface area contributed by atoms with Crippen molar-refractivity contribution in [2.45, 2.75) is 13.0 Å². The number of carboxylic acids is 1. The van der Waals surface area contributed by atoms with E-state index in [1.165, 1.54) is 11.1 Å². The smallest absolute Gasteiger partial charge is 0.341 e. The van der Waals surface area contributed by atoms with Gasteiger partial charge >= 0.3 is 5.97 Å². The highest BCUT2D eigenvalue weighted by molar-refractivity contribution is 5.68. The maximum absolute atomic E-state index is 10.4. The third-order valence-electron chi connectivity index (χ3n) is 2.74. The van der Waals surface area contributed by atoms with Gasteiger partial charge in [0.2, 0.25) is 0 Å². The second-order valence-corrected chi connectivity index (χ2v) is 4.10. The molecule has 0 atom stereocenters. The lowest BCUT2D eigenvalue weighted by molar-refractivity contribution is -0.139. The van der Waals surface area contributed by atoms with E-state index in [9.17, 15) is 4.79 Å². The molecule has 0 fully saturated rings. The van der Waals surface area contributed by atoms with Gasteiger partial charge in [-0.2, -0.15) is 0 Å². The molecule has 4 heteroatoms. The number of carbonyl (C=O) groups is 1. The SMILES string of the molecule is CN1CCc2cc(OCC(=O)O)ccc2C1. The highest BCUT2D eigenvalue weighted by atomic mass is 16.5. The summed E-state index contributed by atoms with van der Waals surface area (Å²) < 4.78 is 5.15. The van der Waals surface area contributed by atoms with E-state index < -0.39 is 5.97 Å². The first-order chi connectivity index (χ1) is 7.65. The molecular weight excluding hydrogens is 206 g/mol. The predicted octanol–water partition coefficient (Wildman–Crippen LogP) is 1.14. The van der Waals surface area contributed by atoms with Crippen molar-refractivity contribution in [1.29, 1.82) is 0 Å². The van der Waals surface area contributed by atoms with Crippen molar-refractivity contribution in [3.8, 4) is 5.75 Å². The van der Waals surface area contributed by atoms with E-state index in [2.05, 4.69) is 11.9 Å². The summed E-state index contributed by atoms with van der Waals surface area (Å²) in [6.07, 6.45) is 0.996. The van der Waals surface area contributed by atoms with Crippen LogP contribution in [0.1, 0.15) is 11.1 Å². The normalized spacial score (nSPS) is 15.6. The van der Waals surface area contributed by atoms with Gasteiger partial charge in [0.1, 0.15) is 5.75 Å². The first-order valence-electron chi connectivity index (χ1n) is 5.30. The van der Waals surface area contributed by atoms with Gasteiger partial charge in [-0.25, -0.2) is 4.79 Å². The number of carboxylic acid groups (broad SMARTS) is 1. The lowest BCUT2D eigenvalue weighted by Gasteiger charge is -2.25. The molecule has 0 saturated heterocycles. The Morgan fingerprint density at radius 2 is 2.31 bits per heavy atom. The standard InChI is InChI=1S/C12H15NO3/c1-13-5-4-9-6-11(16-8-12(14)15)3-2-10(9)7-13/h2-3,6H,4-5,7-8H2,1H3,(H,14,15). The summed E-state index contributed by atoms with van der Waals surface area (Å²) in [6.45, 7) is 1.71. The zero-order valence-corrected chi connectivity index (χ0v) is 9.27. The topological polar surface area (TPSA) is 49.8 Å². The quantitative estimate of drug-likeness (QED) is 0.831. The summed E-state index contributed by atoms with van der Waals surface area (Å²) in [6, 6.07) is 5.80. The van der Waals surface area contributed by atoms with Crippen molar-refractivity contribution in [2.24, 2.45) is 0 Å². The molecule has 0 bridgehead atoms. The van der Waals surface area contributed by atoms with Crippen LogP contribution in [0.15, 0.2) is 18.2 Å². The molecule has 0 unspecified atom stereocenters. The second-order valence-electron chi connectivity index (χ2n) is 4.10. The highest BCUT2D eigenvalue weighted by Crippen LogP contribution is 2.23. The second kappa shape index (κ2) is 4.53. The van der Waals surface area contributed by atoms with Gasteiger partial charge < -0.3 is 14.7 Å². The van der Waals surface area contributed by atoms with Crippen molar-refractivity contribution in [3.63, 3.8) is 0 Å². The molecule has 0 amide bonds. The van der Waals surface area contributed by atoms with E-state index in [1.807, 2.05) is 18.2 Å². The van der Waals surface area contributed by atoms with Gasteiger partial charge in [0.25, 0.3) is 0 Å². The number of hydrogen-bond donors (Lipinski definition) is 1. The molecule has 1 aromatic rings. The van der Waals surface area contributed by atoms with Gasteiger partial charge in [-0.05, 0) is 36.7 Å². The van der Waals surface area contributed by atoms with Crippen LogP contribution in [0, 0.1) is 0 Å². The van der Waals surface area contributed by atoms with Crippen LogP contribution in [0.5, 0.6) is 5.75 Å². The molecule has 0 aliphatic carbocycles. The number of rotatable bonds is 3. The van der Waals surface area contributed by atoms with Gasteiger partial charge in [0.05, 0.1) is 0 Å². The largest absolute Gasteiger partial charge is 0.482 e. The summed E-state index contributed by atoms with van der Waals surface area (Å²) in [4.78, 5) is 12.6. The number of benzene rings is 1. The van der Waals surface area contributed by atoms with Crippen LogP contribution in [0.25, 0.3) is 0 Å². The fourth-order valence-corrected chi connectivity index (χ4v) is 1.91. The maximum atomic E-state index is 10.4. The van der Waals surface area contributed by atoms with Crippen molar-refractivity contribution in [3.05, 3.63) is 29.3 Å². The Kier molecular flexibility index (Phi) is 3.10. The van der Waals surface area contributed by atoms with E-state index in [4.69, 9.17) is 9.84 Å². The van der Waals surface area contributed by atoms with Crippen LogP contribution in [0.3, 0.4) is 0 Å². The Labute approximate surface area is 94.4 Å². The number of ether oxygens (including phenoxy) is 1. The molecule has 1 aliphatic rings. The molecule has 16 heavy (non-hydrogen) atoms. The van der Waals surface area contributed by atoms with Gasteiger partial charge in [0.15, 0.2) is 6.61 Å². The molecule has 2 rings (SSSR count). The predicted molar refractivity (Wildman–Crippen MR) is 59.6 cm³/mol. The Morgan fingerprint density at radius 1 is 1.50 bits per heavy atom. The first kappa shape index (κ1) is 11.0. The Bertz CT molecular complexity index is 403. The van der Waals surface area contributed by atoms with Crippen LogP contribution >= 0.6 is 0 Å². The van der Waals surface area contributed by atoms with E-state index in [0.717, 1.165) is 19.5 Å². The molecule has 1 aliphatic heterocycles. The minimum absolute atomic E-state index is 0.279. The molecule has 0 radical (unpaired) electrons. The average Bonchev–Trinajstić information content (AvgIpc) is 2.26. The van der Waals surface area contributed by atoms with E-state index in [0.29, 0.717) is 5.75 Å². The van der Waals surface area contributed by atoms with Crippen LogP contribution in [-0.4, -0.2) is 36.2 Å². The summed E-state index contributed by atoms with van der Waals surface area (Å²) >= 11 is 0. The molecule has 1 heterocycles. The number of nitrogens with zero attached hydrogens (tertiary/aromatic N) is 1. The molecule has 0 saturated carbocycles. The fraction of sp³-hybridized carbons (Fsp3) is 0.417. The zero-order valence-electron chi connectivity index (χ0n) is 9.27. The van der Waals surface area contributed by atoms with Crippen molar-refractivity contribution in [2.75, 3.05) is 20.2 Å². The van der Waals surface area contributed by atoms with Gasteiger partial charge in [0, 0.05) is 13.1 Å². The summed E-state index contributed by atoms with van der Waals surface area (Å²) in [7, 11) is 2.10. The van der Waals surface area contributed by atoms with Crippen LogP contribution in [0.2, 0.25) is 0 Å². The van der Waals surface area contributed by atoms with E-state index >= 15 is 0 Å². The van der Waals surface area contributed by atoms with Crippen LogP contribution in [-0.2, 0) is 17.8 Å². The van der Waals surface area contributed by atoms with Gasteiger partial charge in [-0.3, -0.25) is 0 Å². The first-order valence-corrected chi connectivity index (χ1v) is 5.30. The molecule has 0 spiro atoms. The lowest BCUT2D eigenvalue weighted by Crippen LogP contribution is -2.26. The Hall–Kier alpha value is -1.55. The van der Waals surface area contributed by atoms with Crippen LogP contribution in [0.4, 0.5) is 0 Å². The van der Waals surface area contributed by atoms with Crippen molar-refractivity contribution >= 4 is 5.97 Å². The Balaban J connectivity index is 2.10. The molecular formula is C12H15NO3. The number of hydrogen-bond acceptors (Lipinski definition) is 3. The molecule has 86 valence electrons. The van der Waals surface area contributed by atoms with Gasteiger partial charge in [-0.1, -0.05) is 6.07 Å². The molecule has 0 aromatic heterocycles. The highest BCUT2D eigenvalue weighted by Gasteiger charge is 2.13. The monoisotopic (exact) mass is 221 g/mol. The average molecular weight is 221 g/mol. The van der Waals surface area contributed by atoms with Crippen molar-refractivity contribution in [1.82, 2.24) is 4.90 Å².